The van der Waals surface area contributed by atoms with E-state index in [4.69, 9.17) is 14.0 Å². The van der Waals surface area contributed by atoms with Gasteiger partial charge in [-0.05, 0) is 25.1 Å². The van der Waals surface area contributed by atoms with Crippen molar-refractivity contribution in [3.05, 3.63) is 64.8 Å². The summed E-state index contributed by atoms with van der Waals surface area (Å²) in [5, 5.41) is 6.54. The molecule has 3 aromatic rings. The number of nitrogens with zero attached hydrogens (tertiary/aromatic N) is 4. The quantitative estimate of drug-likeness (QED) is 0.508. The van der Waals surface area contributed by atoms with Gasteiger partial charge in [0.1, 0.15) is 6.17 Å². The fourth-order valence-electron chi connectivity index (χ4n) is 4.71. The Balaban J connectivity index is 1.41. The van der Waals surface area contributed by atoms with E-state index < -0.39 is 6.17 Å². The summed E-state index contributed by atoms with van der Waals surface area (Å²) in [7, 11) is 2.97. The lowest BCUT2D eigenvalue weighted by molar-refractivity contribution is -0.121. The zero-order valence-electron chi connectivity index (χ0n) is 20.1. The summed E-state index contributed by atoms with van der Waals surface area (Å²) in [5.74, 6) is 0.926. The lowest BCUT2D eigenvalue weighted by Crippen LogP contribution is -2.49. The molecular formula is C25H25N5O6. The van der Waals surface area contributed by atoms with Crippen molar-refractivity contribution in [1.29, 1.82) is 0 Å². The molecule has 2 aliphatic rings. The van der Waals surface area contributed by atoms with Gasteiger partial charge in [-0.1, -0.05) is 23.4 Å². The SMILES string of the molecule is COc1ccc2c(c1OC)C(=O)N1c3ccccc3C(=O)N(CCC(=O)NCCc3nc(C)no3)[C@@H]21. The van der Waals surface area contributed by atoms with E-state index in [-0.39, 0.29) is 30.7 Å². The third-order valence-electron chi connectivity index (χ3n) is 6.29. The fraction of sp³-hybridized carbons (Fsp3) is 0.320. The van der Waals surface area contributed by atoms with Crippen LogP contribution in [-0.2, 0) is 11.2 Å². The summed E-state index contributed by atoms with van der Waals surface area (Å²) in [6.07, 6.45) is -0.246. The molecule has 0 saturated carbocycles. The monoisotopic (exact) mass is 491 g/mol. The highest BCUT2D eigenvalue weighted by molar-refractivity contribution is 6.18. The summed E-state index contributed by atoms with van der Waals surface area (Å²) in [5.41, 5.74) is 1.88. The van der Waals surface area contributed by atoms with Crippen molar-refractivity contribution < 1.29 is 28.4 Å². The van der Waals surface area contributed by atoms with E-state index in [2.05, 4.69) is 15.5 Å². The number of rotatable bonds is 8. The van der Waals surface area contributed by atoms with Crippen molar-refractivity contribution in [2.24, 2.45) is 0 Å². The highest BCUT2D eigenvalue weighted by Crippen LogP contribution is 2.49. The van der Waals surface area contributed by atoms with Crippen LogP contribution in [0.2, 0.25) is 0 Å². The summed E-state index contributed by atoms with van der Waals surface area (Å²) in [6.45, 7) is 2.16. The van der Waals surface area contributed by atoms with Gasteiger partial charge in [0, 0.05) is 31.5 Å². The van der Waals surface area contributed by atoms with Crippen LogP contribution in [0.3, 0.4) is 0 Å². The number of hydrogen-bond acceptors (Lipinski definition) is 8. The molecule has 36 heavy (non-hydrogen) atoms. The van der Waals surface area contributed by atoms with Gasteiger partial charge >= 0.3 is 0 Å². The van der Waals surface area contributed by atoms with Crippen LogP contribution in [0.25, 0.3) is 0 Å². The Morgan fingerprint density at radius 2 is 1.92 bits per heavy atom. The van der Waals surface area contributed by atoms with E-state index in [1.54, 1.807) is 53.1 Å². The number of hydrogen-bond donors (Lipinski definition) is 1. The predicted molar refractivity (Wildman–Crippen MR) is 127 cm³/mol. The maximum Gasteiger partial charge on any atom is 0.264 e. The topological polar surface area (TPSA) is 127 Å². The minimum Gasteiger partial charge on any atom is -0.493 e. The first kappa shape index (κ1) is 23.3. The molecule has 186 valence electrons. The molecule has 11 nitrogen and oxygen atoms in total. The van der Waals surface area contributed by atoms with Crippen LogP contribution in [0.1, 0.15) is 50.6 Å². The largest absolute Gasteiger partial charge is 0.493 e. The Bertz CT molecular complexity index is 1350. The molecular weight excluding hydrogens is 466 g/mol. The normalized spacial score (nSPS) is 15.9. The van der Waals surface area contributed by atoms with Crippen LogP contribution in [-0.4, -0.2) is 60.1 Å². The first-order valence-electron chi connectivity index (χ1n) is 11.5. The van der Waals surface area contributed by atoms with Gasteiger partial charge < -0.3 is 24.2 Å². The third-order valence-corrected chi connectivity index (χ3v) is 6.29. The van der Waals surface area contributed by atoms with E-state index >= 15 is 0 Å². The molecule has 3 amide bonds. The zero-order valence-corrected chi connectivity index (χ0v) is 20.1. The van der Waals surface area contributed by atoms with Gasteiger partial charge in [-0.25, -0.2) is 0 Å². The average Bonchev–Trinajstić information content (AvgIpc) is 3.43. The molecule has 1 aromatic heterocycles. The van der Waals surface area contributed by atoms with Crippen molar-refractivity contribution in [2.45, 2.75) is 25.9 Å². The minimum atomic E-state index is -0.705. The number of ether oxygens (including phenoxy) is 2. The summed E-state index contributed by atoms with van der Waals surface area (Å²) in [4.78, 5) is 47.0. The molecule has 0 fully saturated rings. The van der Waals surface area contributed by atoms with Gasteiger partial charge in [-0.15, -0.1) is 0 Å². The van der Waals surface area contributed by atoms with Crippen LogP contribution in [0, 0.1) is 6.92 Å². The Morgan fingerprint density at radius 1 is 1.11 bits per heavy atom. The minimum absolute atomic E-state index is 0.0535. The van der Waals surface area contributed by atoms with E-state index in [1.807, 2.05) is 0 Å². The van der Waals surface area contributed by atoms with Crippen molar-refractivity contribution in [2.75, 3.05) is 32.2 Å². The fourth-order valence-corrected chi connectivity index (χ4v) is 4.71. The Morgan fingerprint density at radius 3 is 2.64 bits per heavy atom. The molecule has 0 bridgehead atoms. The second-order valence-corrected chi connectivity index (χ2v) is 8.42. The molecule has 5 rings (SSSR count). The second-order valence-electron chi connectivity index (χ2n) is 8.42. The van der Waals surface area contributed by atoms with Gasteiger partial charge in [-0.2, -0.15) is 4.98 Å². The Labute approximate surface area is 207 Å². The first-order valence-corrected chi connectivity index (χ1v) is 11.5. The lowest BCUT2D eigenvalue weighted by atomic mass is 10.0. The van der Waals surface area contributed by atoms with Gasteiger partial charge in [0.05, 0.1) is 31.0 Å². The number of benzene rings is 2. The lowest BCUT2D eigenvalue weighted by Gasteiger charge is -2.40. The number of amides is 3. The first-order chi connectivity index (χ1) is 17.4. The Hall–Kier alpha value is -4.41. The number of carbonyl (C=O) groups excluding carboxylic acids is 3. The highest BCUT2D eigenvalue weighted by Gasteiger charge is 2.49. The van der Waals surface area contributed by atoms with Crippen molar-refractivity contribution in [1.82, 2.24) is 20.4 Å². The van der Waals surface area contributed by atoms with Gasteiger partial charge in [0.15, 0.2) is 17.3 Å². The third kappa shape index (κ3) is 3.82. The molecule has 1 atom stereocenters. The number of aromatic nitrogens is 2. The average molecular weight is 492 g/mol. The Kier molecular flexibility index (Phi) is 6.05. The molecule has 2 aromatic carbocycles. The van der Waals surface area contributed by atoms with Crippen molar-refractivity contribution in [3.8, 4) is 11.5 Å². The van der Waals surface area contributed by atoms with Crippen LogP contribution < -0.4 is 19.7 Å². The van der Waals surface area contributed by atoms with E-state index in [1.165, 1.54) is 14.2 Å². The molecule has 0 aliphatic carbocycles. The van der Waals surface area contributed by atoms with E-state index in [0.29, 0.717) is 58.6 Å². The molecule has 0 spiro atoms. The summed E-state index contributed by atoms with van der Waals surface area (Å²) in [6, 6.07) is 10.4. The molecule has 11 heteroatoms. The molecule has 2 aliphatic heterocycles. The number of methoxy groups -OCH3 is 2. The zero-order chi connectivity index (χ0) is 25.4. The number of carbonyl (C=O) groups is 3. The molecule has 0 unspecified atom stereocenters. The smallest absolute Gasteiger partial charge is 0.264 e. The van der Waals surface area contributed by atoms with Crippen molar-refractivity contribution >= 4 is 23.4 Å². The molecule has 3 heterocycles. The van der Waals surface area contributed by atoms with Crippen LogP contribution in [0.4, 0.5) is 5.69 Å². The molecule has 0 radical (unpaired) electrons. The molecule has 1 N–H and O–H groups in total. The summed E-state index contributed by atoms with van der Waals surface area (Å²) < 4.78 is 16.0. The van der Waals surface area contributed by atoms with E-state index in [0.717, 1.165) is 0 Å². The number of nitrogens with one attached hydrogen (secondary N) is 1. The number of para-hydroxylation sites is 1. The van der Waals surface area contributed by atoms with E-state index in [9.17, 15) is 14.4 Å². The second kappa shape index (κ2) is 9.33. The van der Waals surface area contributed by atoms with Gasteiger partial charge in [0.2, 0.25) is 11.8 Å². The summed E-state index contributed by atoms with van der Waals surface area (Å²) >= 11 is 0. The van der Waals surface area contributed by atoms with Crippen molar-refractivity contribution in [3.63, 3.8) is 0 Å². The molecule has 0 saturated heterocycles. The van der Waals surface area contributed by atoms with Crippen LogP contribution in [0.5, 0.6) is 11.5 Å². The maximum atomic E-state index is 13.7. The standard InChI is InChI=1S/C25H25N5O6/c1-14-27-20(36-28-14)10-12-26-19(31)11-13-29-23-16-8-9-18(34-2)22(35-3)21(16)25(33)30(23)17-7-5-4-6-15(17)24(29)32/h4-9,23H,10-13H2,1-3H3,(H,26,31)/t23-/m1/s1. The van der Waals surface area contributed by atoms with Crippen LogP contribution >= 0.6 is 0 Å². The number of fused-ring (bicyclic) bond motifs is 5. The van der Waals surface area contributed by atoms with Gasteiger partial charge in [0.25, 0.3) is 11.8 Å². The van der Waals surface area contributed by atoms with Gasteiger partial charge in [-0.3, -0.25) is 19.3 Å². The number of anilines is 1. The number of aryl methyl sites for hydroxylation is 1. The predicted octanol–water partition coefficient (Wildman–Crippen LogP) is 2.26. The highest BCUT2D eigenvalue weighted by atomic mass is 16.5. The maximum absolute atomic E-state index is 13.7. The van der Waals surface area contributed by atoms with Crippen LogP contribution in [0.15, 0.2) is 40.9 Å².